The van der Waals surface area contributed by atoms with E-state index >= 15 is 0 Å². The minimum absolute atomic E-state index is 0.0522. The fourth-order valence-corrected chi connectivity index (χ4v) is 2.62. The predicted octanol–water partition coefficient (Wildman–Crippen LogP) is 3.33. The smallest absolute Gasteiger partial charge is 0.172 e. The zero-order valence-corrected chi connectivity index (χ0v) is 10.8. The highest BCUT2D eigenvalue weighted by Crippen LogP contribution is 2.32. The second kappa shape index (κ2) is 6.01. The Bertz CT molecular complexity index is 396. The number of halogens is 1. The maximum atomic E-state index is 8.72. The van der Waals surface area contributed by atoms with Gasteiger partial charge in [-0.25, -0.2) is 0 Å². The maximum absolute atomic E-state index is 8.72. The average Bonchev–Trinajstić information content (AvgIpc) is 2.28. The number of benzene rings is 1. The van der Waals surface area contributed by atoms with Gasteiger partial charge in [0.15, 0.2) is 5.84 Å². The first-order valence-corrected chi connectivity index (χ1v) is 6.29. The SMILES string of the molecule is CCC(C)Sc1cccc(Cl)c1C(N)=NO. The van der Waals surface area contributed by atoms with Gasteiger partial charge in [-0.3, -0.25) is 0 Å². The van der Waals surface area contributed by atoms with E-state index < -0.39 is 0 Å². The van der Waals surface area contributed by atoms with Gasteiger partial charge in [0.2, 0.25) is 0 Å². The van der Waals surface area contributed by atoms with Crippen molar-refractivity contribution >= 4 is 29.2 Å². The van der Waals surface area contributed by atoms with Gasteiger partial charge in [0.1, 0.15) is 0 Å². The van der Waals surface area contributed by atoms with Crippen LogP contribution in [0.4, 0.5) is 0 Å². The highest BCUT2D eigenvalue weighted by molar-refractivity contribution is 8.00. The highest BCUT2D eigenvalue weighted by Gasteiger charge is 2.13. The first-order valence-electron chi connectivity index (χ1n) is 5.03. The molecule has 0 fully saturated rings. The molecule has 0 spiro atoms. The van der Waals surface area contributed by atoms with E-state index in [1.54, 1.807) is 17.8 Å². The Morgan fingerprint density at radius 1 is 1.62 bits per heavy atom. The van der Waals surface area contributed by atoms with Crippen LogP contribution in [0.1, 0.15) is 25.8 Å². The Labute approximate surface area is 105 Å². The lowest BCUT2D eigenvalue weighted by Gasteiger charge is -2.13. The van der Waals surface area contributed by atoms with Crippen LogP contribution in [0.5, 0.6) is 0 Å². The van der Waals surface area contributed by atoms with Gasteiger partial charge in [0.25, 0.3) is 0 Å². The molecule has 0 amide bonds. The molecule has 16 heavy (non-hydrogen) atoms. The van der Waals surface area contributed by atoms with Gasteiger partial charge in [-0.05, 0) is 18.6 Å². The number of hydrogen-bond acceptors (Lipinski definition) is 3. The summed E-state index contributed by atoms with van der Waals surface area (Å²) in [5.41, 5.74) is 6.22. The molecule has 0 aromatic heterocycles. The van der Waals surface area contributed by atoms with E-state index in [9.17, 15) is 0 Å². The van der Waals surface area contributed by atoms with Gasteiger partial charge >= 0.3 is 0 Å². The zero-order chi connectivity index (χ0) is 12.1. The van der Waals surface area contributed by atoms with Gasteiger partial charge in [-0.15, -0.1) is 11.8 Å². The van der Waals surface area contributed by atoms with Gasteiger partial charge < -0.3 is 10.9 Å². The quantitative estimate of drug-likeness (QED) is 0.286. The Morgan fingerprint density at radius 2 is 2.31 bits per heavy atom. The molecule has 0 bridgehead atoms. The molecule has 1 unspecified atom stereocenters. The standard InChI is InChI=1S/C11H15ClN2OS/c1-3-7(2)16-9-6-4-5-8(12)10(9)11(13)14-15/h4-7,15H,3H2,1-2H3,(H2,13,14). The number of nitrogens with two attached hydrogens (primary N) is 1. The predicted molar refractivity (Wildman–Crippen MR) is 69.6 cm³/mol. The highest BCUT2D eigenvalue weighted by atomic mass is 35.5. The van der Waals surface area contributed by atoms with Crippen LogP contribution in [0, 0.1) is 0 Å². The van der Waals surface area contributed by atoms with E-state index in [0.717, 1.165) is 11.3 Å². The van der Waals surface area contributed by atoms with Crippen LogP contribution < -0.4 is 5.73 Å². The summed E-state index contributed by atoms with van der Waals surface area (Å²) in [4.78, 5) is 0.942. The van der Waals surface area contributed by atoms with E-state index in [1.807, 2.05) is 12.1 Å². The Balaban J connectivity index is 3.13. The number of nitrogens with zero attached hydrogens (tertiary/aromatic N) is 1. The fourth-order valence-electron chi connectivity index (χ4n) is 1.20. The summed E-state index contributed by atoms with van der Waals surface area (Å²) < 4.78 is 0. The summed E-state index contributed by atoms with van der Waals surface area (Å²) >= 11 is 7.72. The molecule has 5 heteroatoms. The molecule has 0 aliphatic heterocycles. The van der Waals surface area contributed by atoms with E-state index in [0.29, 0.717) is 15.8 Å². The number of rotatable bonds is 4. The largest absolute Gasteiger partial charge is 0.409 e. The first-order chi connectivity index (χ1) is 7.60. The summed E-state index contributed by atoms with van der Waals surface area (Å²) in [5, 5.41) is 12.7. The van der Waals surface area contributed by atoms with Crippen LogP contribution in [0.25, 0.3) is 0 Å². The van der Waals surface area contributed by atoms with Gasteiger partial charge in [0.05, 0.1) is 10.6 Å². The normalized spacial score (nSPS) is 13.8. The fraction of sp³-hybridized carbons (Fsp3) is 0.364. The molecular formula is C11H15ClN2OS. The summed E-state index contributed by atoms with van der Waals surface area (Å²) in [6, 6.07) is 5.52. The molecule has 0 aliphatic rings. The van der Waals surface area contributed by atoms with E-state index in [-0.39, 0.29) is 5.84 Å². The monoisotopic (exact) mass is 258 g/mol. The summed E-state index contributed by atoms with van der Waals surface area (Å²) in [7, 11) is 0. The molecule has 1 aromatic rings. The third kappa shape index (κ3) is 3.06. The van der Waals surface area contributed by atoms with Crippen molar-refractivity contribution < 1.29 is 5.21 Å². The van der Waals surface area contributed by atoms with Crippen molar-refractivity contribution in [2.75, 3.05) is 0 Å². The second-order valence-corrected chi connectivity index (χ2v) is 5.32. The molecule has 1 atom stereocenters. The number of amidine groups is 1. The Kier molecular flexibility index (Phi) is 4.96. The van der Waals surface area contributed by atoms with Crippen molar-refractivity contribution in [2.45, 2.75) is 30.4 Å². The van der Waals surface area contributed by atoms with Crippen LogP contribution in [-0.4, -0.2) is 16.3 Å². The third-order valence-corrected chi connectivity index (χ3v) is 3.89. The molecule has 0 radical (unpaired) electrons. The average molecular weight is 259 g/mol. The molecule has 0 aliphatic carbocycles. The maximum Gasteiger partial charge on any atom is 0.172 e. The molecule has 88 valence electrons. The summed E-state index contributed by atoms with van der Waals surface area (Å²) in [6.07, 6.45) is 1.05. The lowest BCUT2D eigenvalue weighted by Crippen LogP contribution is -2.15. The number of oxime groups is 1. The topological polar surface area (TPSA) is 58.6 Å². The molecule has 3 nitrogen and oxygen atoms in total. The van der Waals surface area contributed by atoms with Crippen molar-refractivity contribution in [2.24, 2.45) is 10.9 Å². The van der Waals surface area contributed by atoms with Crippen LogP contribution in [0.3, 0.4) is 0 Å². The summed E-state index contributed by atoms with van der Waals surface area (Å²) in [5.74, 6) is 0.0522. The lowest BCUT2D eigenvalue weighted by atomic mass is 10.2. The van der Waals surface area contributed by atoms with Gasteiger partial charge in [-0.1, -0.05) is 36.7 Å². The number of thioether (sulfide) groups is 1. The van der Waals surface area contributed by atoms with Crippen molar-refractivity contribution in [3.05, 3.63) is 28.8 Å². The minimum atomic E-state index is 0.0522. The molecule has 1 aromatic carbocycles. The molecule has 0 saturated heterocycles. The van der Waals surface area contributed by atoms with E-state index in [4.69, 9.17) is 22.5 Å². The van der Waals surface area contributed by atoms with Crippen LogP contribution in [0.15, 0.2) is 28.3 Å². The molecular weight excluding hydrogens is 244 g/mol. The Morgan fingerprint density at radius 3 is 2.88 bits per heavy atom. The van der Waals surface area contributed by atoms with E-state index in [1.165, 1.54) is 0 Å². The van der Waals surface area contributed by atoms with Crippen molar-refractivity contribution in [3.8, 4) is 0 Å². The first kappa shape index (κ1) is 13.2. The lowest BCUT2D eigenvalue weighted by molar-refractivity contribution is 0.318. The van der Waals surface area contributed by atoms with Gasteiger partial charge in [0, 0.05) is 10.1 Å². The molecule has 0 saturated carbocycles. The molecule has 3 N–H and O–H groups in total. The van der Waals surface area contributed by atoms with Crippen molar-refractivity contribution in [3.63, 3.8) is 0 Å². The van der Waals surface area contributed by atoms with Crippen LogP contribution >= 0.6 is 23.4 Å². The van der Waals surface area contributed by atoms with Crippen molar-refractivity contribution in [1.82, 2.24) is 0 Å². The third-order valence-electron chi connectivity index (χ3n) is 2.24. The summed E-state index contributed by atoms with van der Waals surface area (Å²) in [6.45, 7) is 4.24. The van der Waals surface area contributed by atoms with Gasteiger partial charge in [-0.2, -0.15) is 0 Å². The second-order valence-electron chi connectivity index (χ2n) is 3.43. The van der Waals surface area contributed by atoms with E-state index in [2.05, 4.69) is 19.0 Å². The van der Waals surface area contributed by atoms with Crippen LogP contribution in [-0.2, 0) is 0 Å². The minimum Gasteiger partial charge on any atom is -0.409 e. The molecule has 1 rings (SSSR count). The number of hydrogen-bond donors (Lipinski definition) is 2. The molecule has 0 heterocycles. The van der Waals surface area contributed by atoms with Crippen molar-refractivity contribution in [1.29, 1.82) is 0 Å². The van der Waals surface area contributed by atoms with Crippen LogP contribution in [0.2, 0.25) is 5.02 Å². The zero-order valence-electron chi connectivity index (χ0n) is 9.27. The Hall–Kier alpha value is -0.870.